The molecule has 1 saturated heterocycles. The van der Waals surface area contributed by atoms with Gasteiger partial charge in [0, 0.05) is 23.9 Å². The monoisotopic (exact) mass is 390 g/mol. The number of hydrogen-bond donors (Lipinski definition) is 2. The van der Waals surface area contributed by atoms with E-state index in [1.54, 1.807) is 0 Å². The molecular weight excluding hydrogens is 364 g/mol. The number of Topliss-reactive ketones (excluding diaryl/α,β-unsaturated/α-hetero) is 1. The number of amides is 1. The van der Waals surface area contributed by atoms with Crippen LogP contribution in [0.3, 0.4) is 0 Å². The molecule has 2 aliphatic heterocycles. The van der Waals surface area contributed by atoms with E-state index in [-0.39, 0.29) is 30.1 Å². The molecule has 2 bridgehead atoms. The van der Waals surface area contributed by atoms with Crippen LogP contribution in [-0.2, 0) is 9.59 Å². The van der Waals surface area contributed by atoms with E-state index in [2.05, 4.69) is 10.6 Å². The van der Waals surface area contributed by atoms with E-state index in [1.165, 1.54) is 0 Å². The fourth-order valence-electron chi connectivity index (χ4n) is 5.50. The van der Waals surface area contributed by atoms with Gasteiger partial charge in [-0.15, -0.1) is 0 Å². The molecule has 2 heterocycles. The minimum absolute atomic E-state index is 0.0609. The van der Waals surface area contributed by atoms with E-state index < -0.39 is 11.6 Å². The van der Waals surface area contributed by atoms with Gasteiger partial charge < -0.3 is 10.1 Å². The molecule has 1 saturated carbocycles. The van der Waals surface area contributed by atoms with Gasteiger partial charge in [-0.25, -0.2) is 0 Å². The third kappa shape index (κ3) is 3.04. The number of nitrogens with one attached hydrogen (secondary N) is 2. The first-order valence-corrected chi connectivity index (χ1v) is 10.5. The average Bonchev–Trinajstić information content (AvgIpc) is 2.80. The summed E-state index contributed by atoms with van der Waals surface area (Å²) in [4.78, 5) is 26.6. The predicted molar refractivity (Wildman–Crippen MR) is 111 cm³/mol. The third-order valence-electron chi connectivity index (χ3n) is 6.75. The molecule has 3 aliphatic rings. The molecule has 150 valence electrons. The number of hydrogen-bond acceptors (Lipinski definition) is 4. The summed E-state index contributed by atoms with van der Waals surface area (Å²) in [5.41, 5.74) is 2.23. The summed E-state index contributed by atoms with van der Waals surface area (Å²) in [5.74, 6) is -0.276. The first kappa shape index (κ1) is 18.4. The molecule has 0 aromatic heterocycles. The van der Waals surface area contributed by atoms with Crippen molar-refractivity contribution in [2.45, 2.75) is 44.2 Å². The van der Waals surface area contributed by atoms with Crippen molar-refractivity contribution in [3.8, 4) is 5.75 Å². The number of carbonyl (C=O) groups is 2. The number of ketones is 1. The number of aryl methyl sites for hydroxylation is 1. The highest BCUT2D eigenvalue weighted by molar-refractivity contribution is 6.09. The number of fused-ring (bicyclic) bond motifs is 2. The molecule has 0 spiro atoms. The minimum atomic E-state index is -0.724. The van der Waals surface area contributed by atoms with Crippen LogP contribution in [0.1, 0.15) is 42.7 Å². The summed E-state index contributed by atoms with van der Waals surface area (Å²) < 4.78 is 6.49. The normalized spacial score (nSPS) is 30.4. The van der Waals surface area contributed by atoms with Crippen molar-refractivity contribution in [3.63, 3.8) is 0 Å². The zero-order chi connectivity index (χ0) is 20.0. The van der Waals surface area contributed by atoms with Crippen molar-refractivity contribution >= 4 is 17.4 Å². The summed E-state index contributed by atoms with van der Waals surface area (Å²) in [5, 5.41) is 6.43. The molecular formula is C24H26N2O3. The Morgan fingerprint density at radius 3 is 2.90 bits per heavy atom. The van der Waals surface area contributed by atoms with E-state index in [1.807, 2.05) is 55.5 Å². The lowest BCUT2D eigenvalue weighted by Gasteiger charge is -2.50. The first-order chi connectivity index (χ1) is 14.1. The van der Waals surface area contributed by atoms with Gasteiger partial charge in [0.1, 0.15) is 11.7 Å². The molecule has 1 amide bonds. The summed E-state index contributed by atoms with van der Waals surface area (Å²) in [7, 11) is 0. The molecule has 2 aromatic rings. The second kappa shape index (κ2) is 6.99. The van der Waals surface area contributed by atoms with Crippen molar-refractivity contribution in [3.05, 3.63) is 59.7 Å². The van der Waals surface area contributed by atoms with Crippen LogP contribution >= 0.6 is 0 Å². The lowest BCUT2D eigenvalue weighted by atomic mass is 9.65. The summed E-state index contributed by atoms with van der Waals surface area (Å²) in [6.45, 7) is 2.15. The Labute approximate surface area is 170 Å². The summed E-state index contributed by atoms with van der Waals surface area (Å²) in [6.07, 6.45) is 3.97. The first-order valence-electron chi connectivity index (χ1n) is 10.5. The molecule has 4 atom stereocenters. The molecule has 2 aromatic carbocycles. The van der Waals surface area contributed by atoms with Gasteiger partial charge in [-0.1, -0.05) is 36.8 Å². The Morgan fingerprint density at radius 1 is 1.17 bits per heavy atom. The molecule has 1 aliphatic carbocycles. The number of ether oxygens (including phenoxy) is 1. The Balaban J connectivity index is 1.58. The summed E-state index contributed by atoms with van der Waals surface area (Å²) >= 11 is 0. The van der Waals surface area contributed by atoms with Crippen LogP contribution in [0.4, 0.5) is 5.69 Å². The number of benzene rings is 2. The van der Waals surface area contributed by atoms with E-state index in [9.17, 15) is 9.59 Å². The van der Waals surface area contributed by atoms with Crippen LogP contribution in [0.5, 0.6) is 5.75 Å². The molecule has 2 fully saturated rings. The molecule has 2 N–H and O–H groups in total. The van der Waals surface area contributed by atoms with Gasteiger partial charge in [0.05, 0.1) is 6.54 Å². The van der Waals surface area contributed by atoms with Gasteiger partial charge in [0.25, 0.3) is 0 Å². The molecule has 0 unspecified atom stereocenters. The number of anilines is 1. The lowest BCUT2D eigenvalue weighted by molar-refractivity contribution is -0.132. The van der Waals surface area contributed by atoms with Crippen molar-refractivity contribution in [1.82, 2.24) is 5.32 Å². The van der Waals surface area contributed by atoms with Crippen LogP contribution in [0.25, 0.3) is 0 Å². The van der Waals surface area contributed by atoms with Gasteiger partial charge in [-0.2, -0.15) is 0 Å². The Hall–Kier alpha value is -2.66. The topological polar surface area (TPSA) is 67.4 Å². The highest BCUT2D eigenvalue weighted by Crippen LogP contribution is 2.54. The zero-order valence-corrected chi connectivity index (χ0v) is 16.6. The van der Waals surface area contributed by atoms with Crippen LogP contribution < -0.4 is 15.4 Å². The minimum Gasteiger partial charge on any atom is -0.472 e. The highest BCUT2D eigenvalue weighted by Gasteiger charge is 2.57. The van der Waals surface area contributed by atoms with E-state index in [0.717, 1.165) is 48.2 Å². The number of rotatable bonds is 2. The number of carbonyl (C=O) groups excluding carboxylic acids is 2. The van der Waals surface area contributed by atoms with Crippen molar-refractivity contribution in [2.24, 2.45) is 11.8 Å². The van der Waals surface area contributed by atoms with Crippen LogP contribution in [0.2, 0.25) is 0 Å². The van der Waals surface area contributed by atoms with Crippen molar-refractivity contribution in [2.75, 3.05) is 11.9 Å². The van der Waals surface area contributed by atoms with Crippen LogP contribution in [-0.4, -0.2) is 24.0 Å². The van der Waals surface area contributed by atoms with Gasteiger partial charge >= 0.3 is 0 Å². The maximum Gasteiger partial charge on any atom is 0.235 e. The van der Waals surface area contributed by atoms with Gasteiger partial charge in [-0.3, -0.25) is 14.9 Å². The third-order valence-corrected chi connectivity index (χ3v) is 6.75. The Kier molecular flexibility index (Phi) is 4.43. The van der Waals surface area contributed by atoms with E-state index in [4.69, 9.17) is 4.74 Å². The maximum atomic E-state index is 13.4. The van der Waals surface area contributed by atoms with Gasteiger partial charge in [0.15, 0.2) is 11.5 Å². The fourth-order valence-corrected chi connectivity index (χ4v) is 5.50. The fraction of sp³-hybridized carbons (Fsp3) is 0.417. The van der Waals surface area contributed by atoms with Gasteiger partial charge in [0.2, 0.25) is 5.91 Å². The second-order valence-electron chi connectivity index (χ2n) is 8.56. The van der Waals surface area contributed by atoms with Crippen molar-refractivity contribution < 1.29 is 14.3 Å². The second-order valence-corrected chi connectivity index (χ2v) is 8.56. The molecule has 29 heavy (non-hydrogen) atoms. The van der Waals surface area contributed by atoms with Crippen LogP contribution in [0.15, 0.2) is 48.5 Å². The van der Waals surface area contributed by atoms with Gasteiger partial charge in [-0.05, 0) is 49.1 Å². The molecule has 5 heteroatoms. The van der Waals surface area contributed by atoms with Crippen molar-refractivity contribution in [1.29, 1.82) is 0 Å². The summed E-state index contributed by atoms with van der Waals surface area (Å²) in [6, 6.07) is 15.6. The smallest absolute Gasteiger partial charge is 0.235 e. The Bertz CT molecular complexity index is 972. The molecule has 5 nitrogen and oxygen atoms in total. The van der Waals surface area contributed by atoms with E-state index in [0.29, 0.717) is 0 Å². The number of para-hydroxylation sites is 1. The molecule has 0 radical (unpaired) electrons. The highest BCUT2D eigenvalue weighted by atomic mass is 16.5. The lowest BCUT2D eigenvalue weighted by Crippen LogP contribution is -2.60. The quantitative estimate of drug-likeness (QED) is 0.766. The van der Waals surface area contributed by atoms with E-state index >= 15 is 0 Å². The Morgan fingerprint density at radius 2 is 2.03 bits per heavy atom. The average molecular weight is 390 g/mol. The zero-order valence-electron chi connectivity index (χ0n) is 16.6. The predicted octanol–water partition coefficient (Wildman–Crippen LogP) is 3.78. The maximum absolute atomic E-state index is 13.4. The standard InChI is InChI=1S/C24H26N2O3/c1-15-7-6-8-16(13-15)26-23(28)22-19(27)14-25-24-12-5-4-10-18(24)21(22)17-9-2-3-11-20(17)29-24/h2-3,6-9,11,13,18,21-22,25H,4-5,10,12,14H2,1H3,(H,26,28)/t18-,21+,22+,24+/m0/s1. The molecule has 5 rings (SSSR count). The van der Waals surface area contributed by atoms with Crippen LogP contribution in [0, 0.1) is 18.8 Å². The largest absolute Gasteiger partial charge is 0.472 e. The SMILES string of the molecule is Cc1cccc(NC(=O)[C@@H]2C(=O)CN[C@@]34CCCC[C@H]3[C@H]2c2ccccc2O4)c1.